The van der Waals surface area contributed by atoms with Crippen molar-refractivity contribution in [2.75, 3.05) is 18.7 Å². The second-order valence-electron chi connectivity index (χ2n) is 3.26. The van der Waals surface area contributed by atoms with Gasteiger partial charge in [-0.2, -0.15) is 0 Å². The monoisotopic (exact) mass is 258 g/mol. The predicted molar refractivity (Wildman–Crippen MR) is 68.8 cm³/mol. The molecule has 0 aromatic heterocycles. The van der Waals surface area contributed by atoms with Gasteiger partial charge < -0.3 is 4.74 Å². The molecule has 4 heteroatoms. The van der Waals surface area contributed by atoms with Gasteiger partial charge in [-0.25, -0.2) is 0 Å². The minimum atomic E-state index is 0.0330. The Bertz CT molecular complexity index is 366. The van der Waals surface area contributed by atoms with Crippen molar-refractivity contribution in [3.8, 4) is 5.75 Å². The van der Waals surface area contributed by atoms with Gasteiger partial charge in [0.2, 0.25) is 0 Å². The molecule has 2 nitrogen and oxygen atoms in total. The van der Waals surface area contributed by atoms with Gasteiger partial charge in [0, 0.05) is 11.3 Å². The second-order valence-corrected chi connectivity index (χ2v) is 4.37. The maximum absolute atomic E-state index is 11.3. The number of benzene rings is 1. The van der Waals surface area contributed by atoms with Crippen LogP contribution in [-0.4, -0.2) is 24.5 Å². The van der Waals surface area contributed by atoms with Crippen LogP contribution < -0.4 is 4.74 Å². The van der Waals surface area contributed by atoms with Gasteiger partial charge >= 0.3 is 0 Å². The van der Waals surface area contributed by atoms with Crippen LogP contribution in [0.3, 0.4) is 0 Å². The molecule has 0 saturated heterocycles. The summed E-state index contributed by atoms with van der Waals surface area (Å²) in [6.45, 7) is 2.56. The molecule has 1 rings (SSSR count). The largest absolute Gasteiger partial charge is 0.494 e. The Balaban J connectivity index is 2.92. The van der Waals surface area contributed by atoms with Gasteiger partial charge in [-0.3, -0.25) is 4.79 Å². The summed E-state index contributed by atoms with van der Waals surface area (Å²) in [5.41, 5.74) is 0.990. The molecule has 0 N–H and O–H groups in total. The van der Waals surface area contributed by atoms with Gasteiger partial charge in [0.05, 0.1) is 12.5 Å². The molecule has 0 atom stereocenters. The number of ether oxygens (including phenoxy) is 1. The Morgan fingerprint density at radius 3 is 2.81 bits per heavy atom. The van der Waals surface area contributed by atoms with Crippen molar-refractivity contribution in [3.63, 3.8) is 0 Å². The Labute approximate surface area is 105 Å². The van der Waals surface area contributed by atoms with Crippen LogP contribution in [0, 0.1) is 0 Å². The average molecular weight is 259 g/mol. The summed E-state index contributed by atoms with van der Waals surface area (Å²) in [5, 5.41) is 0. The molecular formula is C12H15ClO2S. The van der Waals surface area contributed by atoms with E-state index < -0.39 is 0 Å². The first-order valence-electron chi connectivity index (χ1n) is 5.08. The van der Waals surface area contributed by atoms with E-state index in [0.717, 1.165) is 16.2 Å². The number of hydrogen-bond donors (Lipinski definition) is 0. The summed E-state index contributed by atoms with van der Waals surface area (Å²) in [7, 11) is 0. The van der Waals surface area contributed by atoms with E-state index in [2.05, 4.69) is 0 Å². The first kappa shape index (κ1) is 13.4. The number of rotatable bonds is 6. The number of ketones is 1. The van der Waals surface area contributed by atoms with E-state index in [9.17, 15) is 4.79 Å². The lowest BCUT2D eigenvalue weighted by molar-refractivity contribution is -0.116. The number of halogens is 1. The molecule has 0 unspecified atom stereocenters. The van der Waals surface area contributed by atoms with Crippen molar-refractivity contribution < 1.29 is 9.53 Å². The van der Waals surface area contributed by atoms with Crippen LogP contribution >= 0.6 is 23.4 Å². The molecular weight excluding hydrogens is 244 g/mol. The highest BCUT2D eigenvalue weighted by Gasteiger charge is 2.08. The van der Waals surface area contributed by atoms with Crippen LogP contribution in [0.1, 0.15) is 12.5 Å². The van der Waals surface area contributed by atoms with Crippen molar-refractivity contribution >= 4 is 29.1 Å². The lowest BCUT2D eigenvalue weighted by Crippen LogP contribution is -2.05. The summed E-state index contributed by atoms with van der Waals surface area (Å²) in [4.78, 5) is 12.4. The first-order valence-corrected chi connectivity index (χ1v) is 6.84. The minimum Gasteiger partial charge on any atom is -0.494 e. The second kappa shape index (κ2) is 6.81. The van der Waals surface area contributed by atoms with Crippen LogP contribution in [0.25, 0.3) is 0 Å². The maximum atomic E-state index is 11.3. The Hall–Kier alpha value is -0.670. The molecule has 0 aliphatic rings. The predicted octanol–water partition coefficient (Wildman–Crippen LogP) is 3.16. The highest BCUT2D eigenvalue weighted by Crippen LogP contribution is 2.25. The van der Waals surface area contributed by atoms with E-state index >= 15 is 0 Å². The maximum Gasteiger partial charge on any atom is 0.151 e. The number of carbonyl (C=O) groups excluding carboxylic acids is 1. The number of Topliss-reactive ketones (excluding diaryl/α,β-unsaturated/α-hetero) is 1. The third-order valence-electron chi connectivity index (χ3n) is 2.10. The van der Waals surface area contributed by atoms with Gasteiger partial charge in [-0.15, -0.1) is 23.4 Å². The summed E-state index contributed by atoms with van der Waals surface area (Å²) >= 11 is 7.13. The molecule has 0 aliphatic heterocycles. The Kier molecular flexibility index (Phi) is 5.71. The quantitative estimate of drug-likeness (QED) is 0.579. The fraction of sp³-hybridized carbons (Fsp3) is 0.417. The van der Waals surface area contributed by atoms with Crippen molar-refractivity contribution in [2.24, 2.45) is 0 Å². The molecule has 88 valence electrons. The van der Waals surface area contributed by atoms with E-state index in [1.807, 2.05) is 31.4 Å². The average Bonchev–Trinajstić information content (AvgIpc) is 2.30. The molecule has 0 spiro atoms. The molecule has 16 heavy (non-hydrogen) atoms. The number of thioether (sulfide) groups is 1. The number of hydrogen-bond acceptors (Lipinski definition) is 3. The lowest BCUT2D eigenvalue weighted by Gasteiger charge is -2.09. The molecule has 0 amide bonds. The SMILES string of the molecule is CCOc1ccc(SC)c(CC(=O)CCl)c1. The first-order chi connectivity index (χ1) is 7.71. The number of carbonyl (C=O) groups is 1. The molecule has 1 aromatic rings. The summed E-state index contributed by atoms with van der Waals surface area (Å²) in [6.07, 6.45) is 2.37. The molecule has 0 aliphatic carbocycles. The zero-order chi connectivity index (χ0) is 12.0. The fourth-order valence-electron chi connectivity index (χ4n) is 1.41. The summed E-state index contributed by atoms with van der Waals surface area (Å²) in [6, 6.07) is 5.82. The molecule has 1 aromatic carbocycles. The van der Waals surface area contributed by atoms with Crippen LogP contribution in [0.5, 0.6) is 5.75 Å². The highest BCUT2D eigenvalue weighted by molar-refractivity contribution is 7.98. The topological polar surface area (TPSA) is 26.3 Å². The van der Waals surface area contributed by atoms with Gasteiger partial charge in [-0.05, 0) is 36.9 Å². The standard InChI is InChI=1S/C12H15ClO2S/c1-3-15-11-4-5-12(16-2)9(7-11)6-10(14)8-13/h4-5,7H,3,6,8H2,1-2H3. The normalized spacial score (nSPS) is 10.2. The molecule has 0 fully saturated rings. The molecule has 0 heterocycles. The van der Waals surface area contributed by atoms with E-state index in [-0.39, 0.29) is 11.7 Å². The van der Waals surface area contributed by atoms with Crippen molar-refractivity contribution in [2.45, 2.75) is 18.2 Å². The van der Waals surface area contributed by atoms with Gasteiger partial charge in [0.15, 0.2) is 5.78 Å². The minimum absolute atomic E-state index is 0.0330. The van der Waals surface area contributed by atoms with Crippen LogP contribution in [0.4, 0.5) is 0 Å². The Morgan fingerprint density at radius 2 is 2.25 bits per heavy atom. The summed E-state index contributed by atoms with van der Waals surface area (Å²) < 4.78 is 5.41. The van der Waals surface area contributed by atoms with E-state index in [4.69, 9.17) is 16.3 Å². The van der Waals surface area contributed by atoms with Gasteiger partial charge in [-0.1, -0.05) is 0 Å². The van der Waals surface area contributed by atoms with E-state index in [1.165, 1.54) is 0 Å². The third kappa shape index (κ3) is 3.72. The lowest BCUT2D eigenvalue weighted by atomic mass is 10.1. The molecule has 0 bridgehead atoms. The van der Waals surface area contributed by atoms with Crippen molar-refractivity contribution in [1.29, 1.82) is 0 Å². The zero-order valence-corrected chi connectivity index (χ0v) is 11.0. The molecule has 0 radical (unpaired) electrons. The molecule has 0 saturated carbocycles. The van der Waals surface area contributed by atoms with Crippen LogP contribution in [-0.2, 0) is 11.2 Å². The van der Waals surface area contributed by atoms with Crippen molar-refractivity contribution in [3.05, 3.63) is 23.8 Å². The van der Waals surface area contributed by atoms with E-state index in [0.29, 0.717) is 13.0 Å². The Morgan fingerprint density at radius 1 is 1.50 bits per heavy atom. The van der Waals surface area contributed by atoms with Crippen LogP contribution in [0.15, 0.2) is 23.1 Å². The van der Waals surface area contributed by atoms with Crippen molar-refractivity contribution in [1.82, 2.24) is 0 Å². The van der Waals surface area contributed by atoms with Crippen LogP contribution in [0.2, 0.25) is 0 Å². The van der Waals surface area contributed by atoms with E-state index in [1.54, 1.807) is 11.8 Å². The zero-order valence-electron chi connectivity index (χ0n) is 9.46. The number of alkyl halides is 1. The fourth-order valence-corrected chi connectivity index (χ4v) is 2.10. The third-order valence-corrected chi connectivity index (χ3v) is 3.24. The highest BCUT2D eigenvalue weighted by atomic mass is 35.5. The smallest absolute Gasteiger partial charge is 0.151 e. The summed E-state index contributed by atoms with van der Waals surface area (Å²) in [5.74, 6) is 0.899. The van der Waals surface area contributed by atoms with Gasteiger partial charge in [0.1, 0.15) is 5.75 Å². The van der Waals surface area contributed by atoms with Gasteiger partial charge in [0.25, 0.3) is 0 Å².